The first-order valence-corrected chi connectivity index (χ1v) is 5.51. The summed E-state index contributed by atoms with van der Waals surface area (Å²) in [5.41, 5.74) is 0.321. The molecule has 0 aliphatic heterocycles. The molecule has 1 radical (unpaired) electrons. The average molecular weight is 281 g/mol. The van der Waals surface area contributed by atoms with Gasteiger partial charge in [0.15, 0.2) is 0 Å². The molecule has 0 heterocycles. The van der Waals surface area contributed by atoms with Crippen LogP contribution in [0, 0.1) is 15.2 Å². The van der Waals surface area contributed by atoms with E-state index in [1.165, 1.54) is 16.2 Å². The summed E-state index contributed by atoms with van der Waals surface area (Å²) in [5, 5.41) is 0. The molecule has 0 aromatic rings. The van der Waals surface area contributed by atoms with Gasteiger partial charge >= 0.3 is 0 Å². The second kappa shape index (κ2) is 4.96. The maximum atomic E-state index is 2.66. The predicted octanol–water partition coefficient (Wildman–Crippen LogP) is 3.44. The Morgan fingerprint density at radius 3 is 2.27 bits per heavy atom. The summed E-state index contributed by atoms with van der Waals surface area (Å²) in [5.74, 6) is 1.50. The van der Waals surface area contributed by atoms with Gasteiger partial charge in [-0.25, -0.2) is 9.12 Å². The first-order chi connectivity index (χ1) is 4.90. The molecule has 0 N–H and O–H groups in total. The van der Waals surface area contributed by atoms with E-state index in [0.717, 1.165) is 0 Å². The molecular weight excluding hydrogens is 265 g/mol. The van der Waals surface area contributed by atoms with Crippen molar-refractivity contribution < 1.29 is 0 Å². The van der Waals surface area contributed by atoms with Gasteiger partial charge in [-0.05, 0) is 7.00 Å². The van der Waals surface area contributed by atoms with Crippen molar-refractivity contribution in [3.63, 3.8) is 0 Å². The zero-order chi connectivity index (χ0) is 9.07. The zero-order valence-corrected chi connectivity index (χ0v) is 11.1. The Kier molecular flexibility index (Phi) is 5.46. The minimum absolute atomic E-state index is 0.321. The molecule has 0 aromatic carbocycles. The van der Waals surface area contributed by atoms with Crippen LogP contribution in [0.25, 0.3) is 0 Å². The summed E-state index contributed by atoms with van der Waals surface area (Å²) in [7, 11) is 2.66. The Hall–Kier alpha value is 1.09. The topological polar surface area (TPSA) is 0 Å². The summed E-state index contributed by atoms with van der Waals surface area (Å²) < 4.78 is 1.42. The van der Waals surface area contributed by atoms with E-state index >= 15 is 0 Å². The molecule has 11 heavy (non-hydrogen) atoms. The molecule has 0 aromatic heterocycles. The van der Waals surface area contributed by atoms with Crippen LogP contribution in [0.15, 0.2) is 0 Å². The second-order valence-electron chi connectivity index (χ2n) is 3.78. The van der Waals surface area contributed by atoms with Gasteiger partial charge < -0.3 is 22.6 Å². The maximum Gasteiger partial charge on any atom is 0.0822 e. The summed E-state index contributed by atoms with van der Waals surface area (Å²) in [6.45, 7) is 11.1. The van der Waals surface area contributed by atoms with Gasteiger partial charge in [-0.2, -0.15) is 0 Å². The molecule has 0 fully saturated rings. The fourth-order valence-electron chi connectivity index (χ4n) is 1.19. The quantitative estimate of drug-likeness (QED) is 0.320. The Morgan fingerprint density at radius 1 is 1.55 bits per heavy atom. The molecule has 0 aliphatic carbocycles. The molecule has 1 atom stereocenters. The van der Waals surface area contributed by atoms with Gasteiger partial charge in [-0.3, -0.25) is 3.82 Å². The van der Waals surface area contributed by atoms with Gasteiger partial charge in [0, 0.05) is 0 Å². The lowest BCUT2D eigenvalue weighted by molar-refractivity contribution is 0.428. The third-order valence-electron chi connectivity index (χ3n) is 1.59. The van der Waals surface area contributed by atoms with Crippen LogP contribution in [0.2, 0.25) is 0 Å². The Labute approximate surface area is 87.8 Å². The van der Waals surface area contributed by atoms with Gasteiger partial charge in [-0.15, -0.1) is 5.41 Å². The van der Waals surface area contributed by atoms with Crippen LogP contribution >= 0.6 is 31.7 Å². The van der Waals surface area contributed by atoms with Crippen molar-refractivity contribution in [3.8, 4) is 0 Å². The summed E-state index contributed by atoms with van der Waals surface area (Å²) in [6.07, 6.45) is 1.18. The molecule has 0 nitrogen and oxygen atoms in total. The van der Waals surface area contributed by atoms with Gasteiger partial charge in [0.1, 0.15) is 0 Å². The maximum absolute atomic E-state index is 2.66. The van der Waals surface area contributed by atoms with Gasteiger partial charge in [0.05, 0.1) is 26.2 Å². The van der Waals surface area contributed by atoms with Crippen molar-refractivity contribution in [2.24, 2.45) is 5.41 Å². The first kappa shape index (κ1) is 12.1. The first-order valence-electron chi connectivity index (χ1n) is 3.77. The number of hydrogen-bond acceptors (Lipinski definition) is 0. The molecule has 0 spiro atoms. The lowest BCUT2D eigenvalue weighted by Crippen LogP contribution is -2.21. The second-order valence-corrected chi connectivity index (χ2v) is 5.28. The molecule has 0 saturated carbocycles. The van der Waals surface area contributed by atoms with E-state index in [2.05, 4.69) is 66.4 Å². The van der Waals surface area contributed by atoms with Gasteiger partial charge in [0.2, 0.25) is 0 Å². The highest BCUT2D eigenvalue weighted by Gasteiger charge is 2.21. The summed E-state index contributed by atoms with van der Waals surface area (Å²) >= 11 is 2.41. The molecule has 1 unspecified atom stereocenters. The Balaban J connectivity index is 3.98. The van der Waals surface area contributed by atoms with Crippen LogP contribution in [-0.4, -0.2) is 7.00 Å². The molecular formula is C8H16BIP. The van der Waals surface area contributed by atoms with Crippen LogP contribution in [0.5, 0.6) is 0 Å². The van der Waals surface area contributed by atoms with Crippen LogP contribution in [0.4, 0.5) is 0 Å². The molecule has 63 valence electrons. The van der Waals surface area contributed by atoms with E-state index < -0.39 is 0 Å². The third kappa shape index (κ3) is 4.62. The lowest BCUT2D eigenvalue weighted by Gasteiger charge is -2.40. The zero-order valence-electron chi connectivity index (χ0n) is 7.74. The fraction of sp³-hybridized carbons (Fsp3) is 0.750. The van der Waals surface area contributed by atoms with Crippen molar-refractivity contribution in [2.45, 2.75) is 34.1 Å². The monoisotopic (exact) mass is 281 g/mol. The van der Waals surface area contributed by atoms with Crippen molar-refractivity contribution in [1.29, 1.82) is 0 Å². The minimum Gasteiger partial charge on any atom is -0.318 e. The van der Waals surface area contributed by atoms with Crippen molar-refractivity contribution in [1.82, 2.24) is 0 Å². The molecule has 0 saturated heterocycles. The smallest absolute Gasteiger partial charge is 0.0822 e. The van der Waals surface area contributed by atoms with Gasteiger partial charge in [-0.1, -0.05) is 13.8 Å². The highest BCUT2D eigenvalue weighted by Crippen LogP contribution is 2.40. The van der Waals surface area contributed by atoms with E-state index in [0.29, 0.717) is 5.41 Å². The minimum atomic E-state index is 0.321. The molecule has 0 rings (SSSR count). The normalized spacial score (nSPS) is 11.9. The number of hydrogen-bond donors (Lipinski definition) is 0. The number of rotatable bonds is 4. The Bertz CT molecular complexity index is 115. The van der Waals surface area contributed by atoms with Crippen LogP contribution in [0.3, 0.4) is 0 Å². The Morgan fingerprint density at radius 2 is 2.00 bits per heavy atom. The molecule has 3 heteroatoms. The van der Waals surface area contributed by atoms with E-state index in [4.69, 9.17) is 0 Å². The van der Waals surface area contributed by atoms with Gasteiger partial charge in [0.25, 0.3) is 0 Å². The molecule has 0 amide bonds. The highest BCUT2D eigenvalue weighted by atomic mass is 127. The average Bonchev–Trinajstić information content (AvgIpc) is 1.83. The third-order valence-corrected chi connectivity index (χ3v) is 4.42. The van der Waals surface area contributed by atoms with Crippen molar-refractivity contribution >= 4 is 38.7 Å². The highest BCUT2D eigenvalue weighted by molar-refractivity contribution is 14.1. The van der Waals surface area contributed by atoms with Crippen LogP contribution < -0.4 is 0 Å². The van der Waals surface area contributed by atoms with Crippen molar-refractivity contribution in [3.05, 3.63) is 9.74 Å². The van der Waals surface area contributed by atoms with Crippen LogP contribution in [0.1, 0.15) is 34.1 Å². The lowest BCUT2D eigenvalue weighted by atomic mass is 9.73. The molecule has 0 aliphatic rings. The summed E-state index contributed by atoms with van der Waals surface area (Å²) in [4.78, 5) is 0. The number of halogens is 1. The standard InChI is InChI=1S/C8H16BIP/c1-6(2)5-8(3,4)7(10)9-11/h5,11H2,1-4H3. The van der Waals surface area contributed by atoms with Crippen molar-refractivity contribution in [2.75, 3.05) is 0 Å². The van der Waals surface area contributed by atoms with E-state index in [1.807, 2.05) is 0 Å². The van der Waals surface area contributed by atoms with E-state index in [1.54, 1.807) is 0 Å². The van der Waals surface area contributed by atoms with E-state index in [9.17, 15) is 0 Å². The summed E-state index contributed by atoms with van der Waals surface area (Å²) in [6, 6.07) is 0. The molecule has 0 bridgehead atoms. The largest absolute Gasteiger partial charge is 0.318 e. The SMILES string of the molecule is C[C+](C)CC(C)(C)[C-](I)[B]P. The predicted molar refractivity (Wildman–Crippen MR) is 65.7 cm³/mol. The van der Waals surface area contributed by atoms with E-state index in [-0.39, 0.29) is 0 Å². The van der Waals surface area contributed by atoms with Crippen LogP contribution in [-0.2, 0) is 0 Å². The fourth-order valence-corrected chi connectivity index (χ4v) is 1.84.